The summed E-state index contributed by atoms with van der Waals surface area (Å²) in [4.78, 5) is 13.2. The van der Waals surface area contributed by atoms with Gasteiger partial charge in [-0.05, 0) is 24.6 Å². The number of hydrogen-bond acceptors (Lipinski definition) is 3. The molecule has 3 nitrogen and oxygen atoms in total. The van der Waals surface area contributed by atoms with Crippen molar-refractivity contribution in [2.75, 3.05) is 14.1 Å². The van der Waals surface area contributed by atoms with Crippen molar-refractivity contribution in [1.29, 1.82) is 0 Å². The number of aromatic hydroxyl groups is 1. The predicted molar refractivity (Wildman–Crippen MR) is 60.0 cm³/mol. The Balaban J connectivity index is 3.09. The first-order valence-corrected chi connectivity index (χ1v) is 4.80. The van der Waals surface area contributed by atoms with E-state index in [9.17, 15) is 14.3 Å². The van der Waals surface area contributed by atoms with Crippen LogP contribution in [0.5, 0.6) is 5.75 Å². The lowest BCUT2D eigenvalue weighted by molar-refractivity contribution is 0.103. The van der Waals surface area contributed by atoms with Crippen LogP contribution in [0.4, 0.5) is 4.39 Å². The zero-order chi connectivity index (χ0) is 12.3. The molecular formula is C12H14FNO2. The molecule has 0 aliphatic heterocycles. The summed E-state index contributed by atoms with van der Waals surface area (Å²) >= 11 is 0. The lowest BCUT2D eigenvalue weighted by Gasteiger charge is -2.06. The summed E-state index contributed by atoms with van der Waals surface area (Å²) in [5, 5.41) is 9.50. The lowest BCUT2D eigenvalue weighted by atomic mass is 10.1. The van der Waals surface area contributed by atoms with Gasteiger partial charge < -0.3 is 10.0 Å². The molecule has 0 aliphatic rings. The van der Waals surface area contributed by atoms with Crippen LogP contribution in [-0.4, -0.2) is 29.9 Å². The Morgan fingerprint density at radius 1 is 1.44 bits per heavy atom. The molecule has 0 aromatic heterocycles. The van der Waals surface area contributed by atoms with E-state index < -0.39 is 11.6 Å². The summed E-state index contributed by atoms with van der Waals surface area (Å²) in [7, 11) is 3.49. The second kappa shape index (κ2) is 4.79. The van der Waals surface area contributed by atoms with E-state index in [1.165, 1.54) is 24.4 Å². The SMILES string of the molecule is Cc1cc(O)c(C(=O)C=CN(C)C)c(F)c1. The fourth-order valence-corrected chi connectivity index (χ4v) is 1.27. The van der Waals surface area contributed by atoms with Crippen molar-refractivity contribution < 1.29 is 14.3 Å². The highest BCUT2D eigenvalue weighted by Crippen LogP contribution is 2.23. The summed E-state index contributed by atoms with van der Waals surface area (Å²) in [6, 6.07) is 2.58. The van der Waals surface area contributed by atoms with Gasteiger partial charge in [0.05, 0.1) is 5.56 Å². The number of hydrogen-bond donors (Lipinski definition) is 1. The van der Waals surface area contributed by atoms with Crippen LogP contribution in [0.1, 0.15) is 15.9 Å². The molecule has 0 radical (unpaired) electrons. The first-order valence-electron chi connectivity index (χ1n) is 4.80. The number of phenols is 1. The van der Waals surface area contributed by atoms with Gasteiger partial charge in [0.2, 0.25) is 0 Å². The molecule has 0 unspecified atom stereocenters. The average Bonchev–Trinajstić information content (AvgIpc) is 2.12. The maximum absolute atomic E-state index is 13.5. The van der Waals surface area contributed by atoms with Crippen molar-refractivity contribution in [2.24, 2.45) is 0 Å². The van der Waals surface area contributed by atoms with Crippen LogP contribution in [0.15, 0.2) is 24.4 Å². The number of carbonyl (C=O) groups is 1. The van der Waals surface area contributed by atoms with Gasteiger partial charge in [0.15, 0.2) is 5.78 Å². The molecule has 0 spiro atoms. The lowest BCUT2D eigenvalue weighted by Crippen LogP contribution is -2.05. The van der Waals surface area contributed by atoms with E-state index in [2.05, 4.69) is 0 Å². The van der Waals surface area contributed by atoms with Crippen LogP contribution in [0.3, 0.4) is 0 Å². The fourth-order valence-electron chi connectivity index (χ4n) is 1.27. The Hall–Kier alpha value is -1.84. The number of nitrogens with zero attached hydrogens (tertiary/aromatic N) is 1. The number of aryl methyl sites for hydroxylation is 1. The topological polar surface area (TPSA) is 40.5 Å². The smallest absolute Gasteiger partial charge is 0.193 e. The molecule has 0 amide bonds. The highest BCUT2D eigenvalue weighted by molar-refractivity contribution is 6.06. The van der Waals surface area contributed by atoms with Gasteiger partial charge in [0.25, 0.3) is 0 Å². The van der Waals surface area contributed by atoms with Gasteiger partial charge in [0.1, 0.15) is 11.6 Å². The third-order valence-electron chi connectivity index (χ3n) is 1.98. The number of ketones is 1. The molecule has 1 aromatic carbocycles. The molecule has 1 aromatic rings. The van der Waals surface area contributed by atoms with Gasteiger partial charge in [-0.1, -0.05) is 0 Å². The Morgan fingerprint density at radius 3 is 2.56 bits per heavy atom. The summed E-state index contributed by atoms with van der Waals surface area (Å²) in [5.41, 5.74) is 0.284. The summed E-state index contributed by atoms with van der Waals surface area (Å²) in [5.74, 6) is -1.58. The molecule has 1 rings (SSSR count). The molecule has 16 heavy (non-hydrogen) atoms. The van der Waals surface area contributed by atoms with E-state index in [1.54, 1.807) is 25.9 Å². The van der Waals surface area contributed by atoms with Crippen molar-refractivity contribution in [3.63, 3.8) is 0 Å². The molecule has 0 atom stereocenters. The first kappa shape index (κ1) is 12.2. The van der Waals surface area contributed by atoms with Crippen molar-refractivity contribution in [3.05, 3.63) is 41.4 Å². The second-order valence-electron chi connectivity index (χ2n) is 3.78. The van der Waals surface area contributed by atoms with E-state index >= 15 is 0 Å². The molecule has 0 heterocycles. The number of benzene rings is 1. The van der Waals surface area contributed by atoms with Gasteiger partial charge in [0, 0.05) is 26.4 Å². The highest BCUT2D eigenvalue weighted by atomic mass is 19.1. The molecule has 0 saturated heterocycles. The average molecular weight is 223 g/mol. The van der Waals surface area contributed by atoms with E-state index in [-0.39, 0.29) is 11.3 Å². The van der Waals surface area contributed by atoms with Crippen LogP contribution in [0, 0.1) is 12.7 Å². The normalized spacial score (nSPS) is 10.8. The standard InChI is InChI=1S/C12H14FNO2/c1-8-6-9(13)12(11(16)7-8)10(15)4-5-14(2)3/h4-7,16H,1-3H3. The van der Waals surface area contributed by atoms with Crippen molar-refractivity contribution >= 4 is 5.78 Å². The number of rotatable bonds is 3. The number of halogens is 1. The minimum Gasteiger partial charge on any atom is -0.507 e. The Labute approximate surface area is 93.8 Å². The molecule has 4 heteroatoms. The Bertz CT molecular complexity index is 416. The van der Waals surface area contributed by atoms with Gasteiger partial charge in [-0.15, -0.1) is 0 Å². The van der Waals surface area contributed by atoms with Crippen molar-refractivity contribution in [3.8, 4) is 5.75 Å². The quantitative estimate of drug-likeness (QED) is 0.630. The van der Waals surface area contributed by atoms with Crippen LogP contribution in [0.25, 0.3) is 0 Å². The fraction of sp³-hybridized carbons (Fsp3) is 0.250. The largest absolute Gasteiger partial charge is 0.507 e. The van der Waals surface area contributed by atoms with E-state index in [1.807, 2.05) is 0 Å². The molecular weight excluding hydrogens is 209 g/mol. The minimum absolute atomic E-state index is 0.288. The van der Waals surface area contributed by atoms with E-state index in [0.29, 0.717) is 5.56 Å². The Kier molecular flexibility index (Phi) is 3.66. The van der Waals surface area contributed by atoms with Crippen LogP contribution < -0.4 is 0 Å². The summed E-state index contributed by atoms with van der Waals surface area (Å²) < 4.78 is 13.5. The summed E-state index contributed by atoms with van der Waals surface area (Å²) in [6.45, 7) is 1.65. The molecule has 86 valence electrons. The summed E-state index contributed by atoms with van der Waals surface area (Å²) in [6.07, 6.45) is 2.72. The third-order valence-corrected chi connectivity index (χ3v) is 1.98. The van der Waals surface area contributed by atoms with Gasteiger partial charge in [-0.2, -0.15) is 0 Å². The van der Waals surface area contributed by atoms with Crippen LogP contribution in [0.2, 0.25) is 0 Å². The van der Waals surface area contributed by atoms with Gasteiger partial charge >= 0.3 is 0 Å². The zero-order valence-electron chi connectivity index (χ0n) is 9.49. The number of carbonyl (C=O) groups excluding carboxylic acids is 1. The number of allylic oxidation sites excluding steroid dienone is 1. The van der Waals surface area contributed by atoms with Gasteiger partial charge in [-0.25, -0.2) is 4.39 Å². The molecule has 0 aliphatic carbocycles. The van der Waals surface area contributed by atoms with Crippen molar-refractivity contribution in [2.45, 2.75) is 6.92 Å². The molecule has 0 saturated carbocycles. The Morgan fingerprint density at radius 2 is 2.06 bits per heavy atom. The highest BCUT2D eigenvalue weighted by Gasteiger charge is 2.15. The minimum atomic E-state index is -0.703. The molecule has 1 N–H and O–H groups in total. The predicted octanol–water partition coefficient (Wildman–Crippen LogP) is 2.10. The first-order chi connectivity index (χ1) is 7.41. The zero-order valence-corrected chi connectivity index (χ0v) is 9.49. The number of phenolic OH excluding ortho intramolecular Hbond substituents is 1. The van der Waals surface area contributed by atoms with E-state index in [0.717, 1.165) is 0 Å². The van der Waals surface area contributed by atoms with Crippen molar-refractivity contribution in [1.82, 2.24) is 4.90 Å². The maximum atomic E-state index is 13.5. The molecule has 0 fully saturated rings. The maximum Gasteiger partial charge on any atom is 0.193 e. The monoisotopic (exact) mass is 223 g/mol. The second-order valence-corrected chi connectivity index (χ2v) is 3.78. The van der Waals surface area contributed by atoms with E-state index in [4.69, 9.17) is 0 Å². The van der Waals surface area contributed by atoms with Gasteiger partial charge in [-0.3, -0.25) is 4.79 Å². The van der Waals surface area contributed by atoms with Crippen LogP contribution >= 0.6 is 0 Å². The van der Waals surface area contributed by atoms with Crippen LogP contribution in [-0.2, 0) is 0 Å². The third kappa shape index (κ3) is 2.82. The molecule has 0 bridgehead atoms.